The van der Waals surface area contributed by atoms with E-state index < -0.39 is 12.1 Å². The van der Waals surface area contributed by atoms with Crippen molar-refractivity contribution in [2.45, 2.75) is 56.8 Å². The van der Waals surface area contributed by atoms with Crippen LogP contribution >= 0.6 is 0 Å². The maximum absolute atomic E-state index is 11.4. The first-order valence-electron chi connectivity index (χ1n) is 11.2. The number of oxime groups is 1. The van der Waals surface area contributed by atoms with E-state index in [0.29, 0.717) is 31.2 Å². The molecule has 0 bridgehead atoms. The summed E-state index contributed by atoms with van der Waals surface area (Å²) in [7, 11) is 0. The van der Waals surface area contributed by atoms with Gasteiger partial charge in [-0.1, -0.05) is 53.7 Å². The van der Waals surface area contributed by atoms with Crippen molar-refractivity contribution in [1.82, 2.24) is 4.90 Å². The lowest BCUT2D eigenvalue weighted by molar-refractivity contribution is 0.00724. The van der Waals surface area contributed by atoms with Gasteiger partial charge in [-0.3, -0.25) is 4.90 Å². The Morgan fingerprint density at radius 2 is 1.75 bits per heavy atom. The van der Waals surface area contributed by atoms with Gasteiger partial charge in [-0.2, -0.15) is 0 Å². The van der Waals surface area contributed by atoms with Crippen molar-refractivity contribution in [2.24, 2.45) is 5.16 Å². The summed E-state index contributed by atoms with van der Waals surface area (Å²) in [6, 6.07) is 17.9. The fourth-order valence-electron chi connectivity index (χ4n) is 4.72. The van der Waals surface area contributed by atoms with Crippen LogP contribution in [0.5, 0.6) is 5.75 Å². The zero-order valence-corrected chi connectivity index (χ0v) is 18.1. The molecule has 7 nitrogen and oxygen atoms in total. The van der Waals surface area contributed by atoms with Crippen LogP contribution in [0.3, 0.4) is 0 Å². The summed E-state index contributed by atoms with van der Waals surface area (Å²) in [4.78, 5) is 12.7. The lowest BCUT2D eigenvalue weighted by Crippen LogP contribution is -2.41. The topological polar surface area (TPSA) is 91.6 Å². The standard InChI is InChI=1S/C25H30N2O5/c28-25(29)27-15-14-22(26-30)23(27)17-31-20-12-10-19(11-13-20)21-8-4-5-9-24(21)32-16-18-6-2-1-3-7-18/h1-9,19-20,23,30H,10-17H2,(H,28,29)/b26-22-. The molecule has 2 aromatic rings. The van der Waals surface area contributed by atoms with Crippen molar-refractivity contribution in [3.63, 3.8) is 0 Å². The summed E-state index contributed by atoms with van der Waals surface area (Å²) in [6.07, 6.45) is 3.32. The first kappa shape index (κ1) is 22.1. The quantitative estimate of drug-likeness (QED) is 0.474. The van der Waals surface area contributed by atoms with Gasteiger partial charge in [-0.25, -0.2) is 4.79 Å². The summed E-state index contributed by atoms with van der Waals surface area (Å²) in [5, 5.41) is 21.8. The molecule has 4 rings (SSSR count). The summed E-state index contributed by atoms with van der Waals surface area (Å²) < 4.78 is 12.2. The van der Waals surface area contributed by atoms with Crippen molar-refractivity contribution in [3.05, 3.63) is 65.7 Å². The molecule has 1 saturated heterocycles. The van der Waals surface area contributed by atoms with E-state index in [2.05, 4.69) is 29.4 Å². The lowest BCUT2D eigenvalue weighted by Gasteiger charge is -2.31. The summed E-state index contributed by atoms with van der Waals surface area (Å²) in [5.74, 6) is 1.35. The van der Waals surface area contributed by atoms with Gasteiger partial charge in [0.05, 0.1) is 18.4 Å². The van der Waals surface area contributed by atoms with Crippen molar-refractivity contribution < 1.29 is 24.6 Å². The normalized spacial score (nSPS) is 24.6. The molecule has 1 atom stereocenters. The van der Waals surface area contributed by atoms with Gasteiger partial charge in [0.15, 0.2) is 0 Å². The van der Waals surface area contributed by atoms with Gasteiger partial charge in [0.1, 0.15) is 18.4 Å². The lowest BCUT2D eigenvalue weighted by atomic mass is 9.82. The van der Waals surface area contributed by atoms with Gasteiger partial charge in [-0.05, 0) is 48.8 Å². The van der Waals surface area contributed by atoms with Gasteiger partial charge < -0.3 is 19.8 Å². The van der Waals surface area contributed by atoms with Gasteiger partial charge >= 0.3 is 6.09 Å². The fraction of sp³-hybridized carbons (Fsp3) is 0.440. The smallest absolute Gasteiger partial charge is 0.407 e. The summed E-state index contributed by atoms with van der Waals surface area (Å²) >= 11 is 0. The third-order valence-corrected chi connectivity index (χ3v) is 6.50. The third kappa shape index (κ3) is 5.22. The minimum absolute atomic E-state index is 0.0832. The average Bonchev–Trinajstić information content (AvgIpc) is 3.26. The number of carbonyl (C=O) groups is 1. The van der Waals surface area contributed by atoms with Crippen molar-refractivity contribution in [1.29, 1.82) is 0 Å². The van der Waals surface area contributed by atoms with E-state index in [1.54, 1.807) is 0 Å². The van der Waals surface area contributed by atoms with E-state index in [1.165, 1.54) is 10.5 Å². The Hall–Kier alpha value is -3.06. The Labute approximate surface area is 188 Å². The molecular formula is C25H30N2O5. The molecule has 7 heteroatoms. The van der Waals surface area contributed by atoms with E-state index in [9.17, 15) is 15.1 Å². The Balaban J connectivity index is 1.31. The van der Waals surface area contributed by atoms with Gasteiger partial charge in [0.2, 0.25) is 0 Å². The summed E-state index contributed by atoms with van der Waals surface area (Å²) in [5.41, 5.74) is 2.86. The molecule has 1 amide bonds. The van der Waals surface area contributed by atoms with Gasteiger partial charge in [0.25, 0.3) is 0 Å². The molecule has 1 aliphatic heterocycles. The first-order chi connectivity index (χ1) is 15.7. The van der Waals surface area contributed by atoms with Crippen LogP contribution in [0.15, 0.2) is 59.8 Å². The number of benzene rings is 2. The van der Waals surface area contributed by atoms with Crippen LogP contribution in [0.25, 0.3) is 0 Å². The largest absolute Gasteiger partial charge is 0.489 e. The van der Waals surface area contributed by atoms with Crippen molar-refractivity contribution >= 4 is 11.8 Å². The minimum Gasteiger partial charge on any atom is -0.489 e. The minimum atomic E-state index is -1.01. The molecule has 2 N–H and O–H groups in total. The van der Waals surface area contributed by atoms with Crippen LogP contribution in [0.4, 0.5) is 4.79 Å². The van der Waals surface area contributed by atoms with Gasteiger partial charge in [0, 0.05) is 13.0 Å². The maximum Gasteiger partial charge on any atom is 0.407 e. The summed E-state index contributed by atoms with van der Waals surface area (Å²) in [6.45, 7) is 1.12. The van der Waals surface area contributed by atoms with E-state index in [1.807, 2.05) is 30.3 Å². The Kier molecular flexibility index (Phi) is 7.27. The monoisotopic (exact) mass is 438 g/mol. The molecule has 2 aliphatic rings. The Bertz CT molecular complexity index is 925. The molecule has 2 fully saturated rings. The van der Waals surface area contributed by atoms with Crippen LogP contribution in [0.1, 0.15) is 49.1 Å². The number of hydrogen-bond donors (Lipinski definition) is 2. The molecule has 1 heterocycles. The number of likely N-dealkylation sites (tertiary alicyclic amines) is 1. The second-order valence-corrected chi connectivity index (χ2v) is 8.45. The predicted octanol–water partition coefficient (Wildman–Crippen LogP) is 4.89. The molecule has 0 radical (unpaired) electrons. The number of rotatable bonds is 7. The molecule has 0 spiro atoms. The molecule has 32 heavy (non-hydrogen) atoms. The number of nitrogens with zero attached hydrogens (tertiary/aromatic N) is 2. The average molecular weight is 439 g/mol. The number of para-hydroxylation sites is 1. The number of carboxylic acid groups (broad SMARTS) is 1. The molecule has 0 aromatic heterocycles. The molecule has 1 unspecified atom stereocenters. The fourth-order valence-corrected chi connectivity index (χ4v) is 4.72. The molecular weight excluding hydrogens is 408 g/mol. The highest BCUT2D eigenvalue weighted by atomic mass is 16.5. The number of ether oxygens (including phenoxy) is 2. The van der Waals surface area contributed by atoms with E-state index >= 15 is 0 Å². The van der Waals surface area contributed by atoms with E-state index in [-0.39, 0.29) is 12.7 Å². The Morgan fingerprint density at radius 3 is 2.47 bits per heavy atom. The number of hydrogen-bond acceptors (Lipinski definition) is 5. The Morgan fingerprint density at radius 1 is 1.03 bits per heavy atom. The van der Waals surface area contributed by atoms with Crippen LogP contribution in [0, 0.1) is 0 Å². The molecule has 1 aliphatic carbocycles. The second kappa shape index (κ2) is 10.5. The van der Waals surface area contributed by atoms with E-state index in [0.717, 1.165) is 37.0 Å². The highest BCUT2D eigenvalue weighted by Crippen LogP contribution is 2.38. The molecule has 2 aromatic carbocycles. The van der Waals surface area contributed by atoms with Crippen LogP contribution in [-0.2, 0) is 11.3 Å². The second-order valence-electron chi connectivity index (χ2n) is 8.45. The highest BCUT2D eigenvalue weighted by Gasteiger charge is 2.36. The first-order valence-corrected chi connectivity index (χ1v) is 11.2. The predicted molar refractivity (Wildman–Crippen MR) is 121 cm³/mol. The van der Waals surface area contributed by atoms with Crippen LogP contribution in [0.2, 0.25) is 0 Å². The zero-order valence-electron chi connectivity index (χ0n) is 18.1. The third-order valence-electron chi connectivity index (χ3n) is 6.50. The maximum atomic E-state index is 11.4. The van der Waals surface area contributed by atoms with Gasteiger partial charge in [-0.15, -0.1) is 0 Å². The number of amides is 1. The van der Waals surface area contributed by atoms with E-state index in [4.69, 9.17) is 9.47 Å². The van der Waals surface area contributed by atoms with Crippen LogP contribution < -0.4 is 4.74 Å². The zero-order chi connectivity index (χ0) is 22.3. The van der Waals surface area contributed by atoms with Crippen molar-refractivity contribution in [3.8, 4) is 5.75 Å². The highest BCUT2D eigenvalue weighted by molar-refractivity contribution is 5.94. The van der Waals surface area contributed by atoms with Crippen molar-refractivity contribution in [2.75, 3.05) is 13.2 Å². The van der Waals surface area contributed by atoms with Crippen LogP contribution in [-0.4, -0.2) is 52.3 Å². The molecule has 1 saturated carbocycles. The molecule has 170 valence electrons. The SMILES string of the molecule is O=C(O)N1CC/C(=N/O)C1COC1CCC(c2ccccc2OCc2ccccc2)CC1.